The second-order valence-corrected chi connectivity index (χ2v) is 4.98. The lowest BCUT2D eigenvalue weighted by atomic mass is 10.2. The topological polar surface area (TPSA) is 90.3 Å². The van der Waals surface area contributed by atoms with Crippen LogP contribution in [0, 0.1) is 23.0 Å². The van der Waals surface area contributed by atoms with Gasteiger partial charge in [0.25, 0.3) is 0 Å². The molecule has 1 aromatic heterocycles. The molecular formula is C10H4Br2F2N6. The fourth-order valence-corrected chi connectivity index (χ4v) is 2.26. The van der Waals surface area contributed by atoms with Crippen molar-refractivity contribution in [2.75, 3.05) is 5.32 Å². The van der Waals surface area contributed by atoms with E-state index in [1.807, 2.05) is 6.07 Å². The van der Waals surface area contributed by atoms with Crippen LogP contribution in [0.4, 0.5) is 14.5 Å². The molecule has 0 aliphatic heterocycles. The van der Waals surface area contributed by atoms with Gasteiger partial charge in [-0.1, -0.05) is 0 Å². The van der Waals surface area contributed by atoms with Gasteiger partial charge in [-0.2, -0.15) is 10.5 Å². The highest BCUT2D eigenvalue weighted by molar-refractivity contribution is 9.11. The Morgan fingerprint density at radius 3 is 2.75 bits per heavy atom. The minimum atomic E-state index is -0.793. The molecule has 0 unspecified atom stereocenters. The maximum absolute atomic E-state index is 13.6. The molecule has 2 N–H and O–H groups in total. The second-order valence-electron chi connectivity index (χ2n) is 3.40. The lowest BCUT2D eigenvalue weighted by molar-refractivity contribution is 0.568. The minimum absolute atomic E-state index is 0.0208. The van der Waals surface area contributed by atoms with Crippen LogP contribution in [0.25, 0.3) is 5.57 Å². The number of anilines is 1. The third kappa shape index (κ3) is 2.83. The van der Waals surface area contributed by atoms with Gasteiger partial charge in [-0.3, -0.25) is 0 Å². The summed E-state index contributed by atoms with van der Waals surface area (Å²) in [5.74, 6) is -1.51. The van der Waals surface area contributed by atoms with E-state index < -0.39 is 11.6 Å². The van der Waals surface area contributed by atoms with Gasteiger partial charge in [0, 0.05) is 6.20 Å². The molecule has 0 saturated heterocycles. The number of hydrogen-bond donors (Lipinski definition) is 2. The number of tetrazole rings is 1. The Bertz CT molecular complexity index is 708. The van der Waals surface area contributed by atoms with Crippen molar-refractivity contribution >= 4 is 43.1 Å². The average molecular weight is 406 g/mol. The van der Waals surface area contributed by atoms with Crippen LogP contribution in [-0.4, -0.2) is 20.6 Å². The Kier molecular flexibility index (Phi) is 4.41. The second kappa shape index (κ2) is 6.06. The Morgan fingerprint density at radius 1 is 1.40 bits per heavy atom. The molecule has 0 bridgehead atoms. The number of benzene rings is 1. The van der Waals surface area contributed by atoms with Crippen LogP contribution in [0.15, 0.2) is 21.2 Å². The van der Waals surface area contributed by atoms with Gasteiger partial charge < -0.3 is 5.32 Å². The Morgan fingerprint density at radius 2 is 2.15 bits per heavy atom. The normalized spacial score (nSPS) is 11.2. The van der Waals surface area contributed by atoms with E-state index in [1.165, 1.54) is 6.20 Å². The lowest BCUT2D eigenvalue weighted by Crippen LogP contribution is -1.97. The summed E-state index contributed by atoms with van der Waals surface area (Å²) in [6.45, 7) is 0. The number of nitrogens with one attached hydrogen (secondary N) is 2. The van der Waals surface area contributed by atoms with E-state index in [1.54, 1.807) is 0 Å². The van der Waals surface area contributed by atoms with Crippen molar-refractivity contribution in [3.05, 3.63) is 38.7 Å². The van der Waals surface area contributed by atoms with Crippen LogP contribution in [0.1, 0.15) is 5.82 Å². The Hall–Kier alpha value is -1.86. The quantitative estimate of drug-likeness (QED) is 0.465. The highest BCUT2D eigenvalue weighted by Gasteiger charge is 2.15. The van der Waals surface area contributed by atoms with Crippen molar-refractivity contribution in [2.45, 2.75) is 0 Å². The van der Waals surface area contributed by atoms with Crippen LogP contribution in [-0.2, 0) is 0 Å². The highest BCUT2D eigenvalue weighted by atomic mass is 79.9. The summed E-state index contributed by atoms with van der Waals surface area (Å²) in [5, 5.41) is 24.3. The molecule has 0 spiro atoms. The van der Waals surface area contributed by atoms with E-state index in [2.05, 4.69) is 57.8 Å². The number of H-pyrrole nitrogens is 1. The summed E-state index contributed by atoms with van der Waals surface area (Å²) in [5.41, 5.74) is 0.161. The Labute approximate surface area is 128 Å². The van der Waals surface area contributed by atoms with Gasteiger partial charge in [-0.05, 0) is 43.1 Å². The number of aromatic nitrogens is 4. The lowest BCUT2D eigenvalue weighted by Gasteiger charge is -2.07. The predicted molar refractivity (Wildman–Crippen MR) is 73.1 cm³/mol. The van der Waals surface area contributed by atoms with E-state index in [9.17, 15) is 8.78 Å². The first-order valence-electron chi connectivity index (χ1n) is 4.98. The van der Waals surface area contributed by atoms with Gasteiger partial charge in [0.2, 0.25) is 5.82 Å². The number of allylic oxidation sites excluding steroid dienone is 1. The van der Waals surface area contributed by atoms with Crippen molar-refractivity contribution in [2.24, 2.45) is 0 Å². The minimum Gasteiger partial charge on any atom is -0.359 e. The smallest absolute Gasteiger partial charge is 0.216 e. The average Bonchev–Trinajstić information content (AvgIpc) is 2.96. The molecule has 0 amide bonds. The maximum atomic E-state index is 13.6. The molecule has 1 heterocycles. The van der Waals surface area contributed by atoms with E-state index in [-0.39, 0.29) is 26.0 Å². The van der Waals surface area contributed by atoms with Gasteiger partial charge in [0.05, 0.1) is 14.6 Å². The molecule has 0 atom stereocenters. The molecule has 0 fully saturated rings. The molecule has 6 nitrogen and oxygen atoms in total. The molecule has 2 rings (SSSR count). The summed E-state index contributed by atoms with van der Waals surface area (Å²) in [6, 6.07) is 2.90. The monoisotopic (exact) mass is 404 g/mol. The van der Waals surface area contributed by atoms with E-state index >= 15 is 0 Å². The molecule has 0 aliphatic rings. The highest BCUT2D eigenvalue weighted by Crippen LogP contribution is 2.33. The summed E-state index contributed by atoms with van der Waals surface area (Å²) in [6.07, 6.45) is 1.22. The number of rotatable bonds is 3. The summed E-state index contributed by atoms with van der Waals surface area (Å²) in [7, 11) is 0. The van der Waals surface area contributed by atoms with Crippen molar-refractivity contribution < 1.29 is 8.78 Å². The number of nitriles is 1. The Balaban J connectivity index is 2.34. The maximum Gasteiger partial charge on any atom is 0.216 e. The number of aromatic amines is 1. The van der Waals surface area contributed by atoms with Crippen molar-refractivity contribution in [3.8, 4) is 6.07 Å². The zero-order chi connectivity index (χ0) is 14.7. The molecule has 10 heteroatoms. The molecule has 20 heavy (non-hydrogen) atoms. The molecule has 0 saturated carbocycles. The van der Waals surface area contributed by atoms with Gasteiger partial charge >= 0.3 is 0 Å². The molecule has 102 valence electrons. The van der Waals surface area contributed by atoms with Gasteiger partial charge in [0.1, 0.15) is 17.5 Å². The first kappa shape index (κ1) is 14.5. The molecule has 2 aromatic rings. The van der Waals surface area contributed by atoms with E-state index in [0.29, 0.717) is 0 Å². The van der Waals surface area contributed by atoms with Crippen LogP contribution in [0.2, 0.25) is 0 Å². The number of hydrogen-bond acceptors (Lipinski definition) is 5. The third-order valence-corrected chi connectivity index (χ3v) is 3.68. The van der Waals surface area contributed by atoms with Gasteiger partial charge in [-0.15, -0.1) is 10.2 Å². The number of nitrogens with zero attached hydrogens (tertiary/aromatic N) is 4. The number of halogens is 4. The van der Waals surface area contributed by atoms with Crippen LogP contribution >= 0.6 is 31.9 Å². The van der Waals surface area contributed by atoms with Crippen LogP contribution < -0.4 is 5.32 Å². The first-order chi connectivity index (χ1) is 9.54. The van der Waals surface area contributed by atoms with Crippen molar-refractivity contribution in [1.82, 2.24) is 20.6 Å². The van der Waals surface area contributed by atoms with Gasteiger partial charge in [-0.25, -0.2) is 8.78 Å². The molecular weight excluding hydrogens is 402 g/mol. The summed E-state index contributed by atoms with van der Waals surface area (Å²) in [4.78, 5) is 0. The SMILES string of the molecule is N#CC(=CNc1cc(F)c(Br)c(F)c1Br)c1nn[nH]n1. The zero-order valence-electron chi connectivity index (χ0n) is 9.46. The predicted octanol–water partition coefficient (Wildman–Crippen LogP) is 2.98. The summed E-state index contributed by atoms with van der Waals surface area (Å²) >= 11 is 5.77. The van der Waals surface area contributed by atoms with Crippen LogP contribution in [0.5, 0.6) is 0 Å². The molecule has 1 aromatic carbocycles. The van der Waals surface area contributed by atoms with Crippen LogP contribution in [0.3, 0.4) is 0 Å². The van der Waals surface area contributed by atoms with Gasteiger partial charge in [0.15, 0.2) is 5.82 Å². The van der Waals surface area contributed by atoms with E-state index in [4.69, 9.17) is 5.26 Å². The largest absolute Gasteiger partial charge is 0.359 e. The standard InChI is InChI=1S/C10H4Br2F2N6/c11-7-5(13)1-6(8(12)9(7)14)16-3-4(2-15)10-17-19-20-18-10/h1,3,16H,(H,17,18,19,20). The molecule has 0 aliphatic carbocycles. The molecule has 0 radical (unpaired) electrons. The third-order valence-electron chi connectivity index (χ3n) is 2.18. The fraction of sp³-hybridized carbons (Fsp3) is 0. The van der Waals surface area contributed by atoms with E-state index in [0.717, 1.165) is 6.07 Å². The van der Waals surface area contributed by atoms with Crippen molar-refractivity contribution in [1.29, 1.82) is 5.26 Å². The first-order valence-corrected chi connectivity index (χ1v) is 6.56. The van der Waals surface area contributed by atoms with Crippen molar-refractivity contribution in [3.63, 3.8) is 0 Å². The summed E-state index contributed by atoms with van der Waals surface area (Å²) < 4.78 is 26.8. The fourth-order valence-electron chi connectivity index (χ4n) is 1.25. The zero-order valence-corrected chi connectivity index (χ0v) is 12.6.